The summed E-state index contributed by atoms with van der Waals surface area (Å²) in [6.07, 6.45) is 10.0. The number of hydrogen-bond donors (Lipinski definition) is 1. The lowest BCUT2D eigenvalue weighted by atomic mass is 9.99. The topological polar surface area (TPSA) is 21.3 Å². The highest BCUT2D eigenvalue weighted by molar-refractivity contribution is 4.76. The van der Waals surface area contributed by atoms with Gasteiger partial charge in [-0.3, -0.25) is 0 Å². The van der Waals surface area contributed by atoms with Crippen LogP contribution in [-0.4, -0.2) is 25.8 Å². The molecule has 1 saturated carbocycles. The molecular weight excluding hydrogens is 198 g/mol. The van der Waals surface area contributed by atoms with E-state index in [1.165, 1.54) is 51.5 Å². The van der Waals surface area contributed by atoms with Crippen LogP contribution < -0.4 is 5.32 Å². The van der Waals surface area contributed by atoms with Crippen molar-refractivity contribution in [2.45, 2.75) is 57.9 Å². The lowest BCUT2D eigenvalue weighted by Crippen LogP contribution is -2.34. The maximum Gasteiger partial charge on any atom is 0.0509 e. The van der Waals surface area contributed by atoms with Crippen LogP contribution in [0.3, 0.4) is 0 Å². The molecule has 2 unspecified atom stereocenters. The van der Waals surface area contributed by atoms with E-state index in [0.717, 1.165) is 25.0 Å². The summed E-state index contributed by atoms with van der Waals surface area (Å²) < 4.78 is 5.43. The zero-order chi connectivity index (χ0) is 11.2. The largest absolute Gasteiger partial charge is 0.381 e. The molecule has 2 atom stereocenters. The quantitative estimate of drug-likeness (QED) is 0.702. The van der Waals surface area contributed by atoms with E-state index >= 15 is 0 Å². The van der Waals surface area contributed by atoms with Gasteiger partial charge in [-0.15, -0.1) is 0 Å². The summed E-state index contributed by atoms with van der Waals surface area (Å²) in [6, 6.07) is 0.645. The first-order valence-electron chi connectivity index (χ1n) is 7.17. The second kappa shape index (κ2) is 6.61. The fourth-order valence-corrected chi connectivity index (χ4v) is 3.13. The van der Waals surface area contributed by atoms with Gasteiger partial charge in [0.05, 0.1) is 6.61 Å². The number of ether oxygens (including phenoxy) is 1. The Balaban J connectivity index is 1.50. The molecule has 1 aliphatic carbocycles. The molecule has 2 aliphatic rings. The van der Waals surface area contributed by atoms with Crippen LogP contribution in [0.25, 0.3) is 0 Å². The van der Waals surface area contributed by atoms with E-state index in [2.05, 4.69) is 12.2 Å². The summed E-state index contributed by atoms with van der Waals surface area (Å²) in [5, 5.41) is 3.67. The van der Waals surface area contributed by atoms with Gasteiger partial charge in [0.25, 0.3) is 0 Å². The van der Waals surface area contributed by atoms with Gasteiger partial charge in [-0.05, 0) is 44.6 Å². The third kappa shape index (κ3) is 3.74. The minimum atomic E-state index is 0.645. The molecule has 0 spiro atoms. The molecule has 1 saturated heterocycles. The van der Waals surface area contributed by atoms with Crippen molar-refractivity contribution in [2.24, 2.45) is 11.8 Å². The second-order valence-corrected chi connectivity index (χ2v) is 5.66. The smallest absolute Gasteiger partial charge is 0.0509 e. The van der Waals surface area contributed by atoms with Gasteiger partial charge in [0, 0.05) is 12.6 Å². The standard InChI is InChI=1S/C14H27NO/c1-12(14-8-10-16-11-14)15-9-4-7-13-5-2-3-6-13/h12-15H,2-11H2,1H3. The van der Waals surface area contributed by atoms with Crippen LogP contribution in [-0.2, 0) is 4.74 Å². The number of nitrogens with one attached hydrogen (secondary N) is 1. The van der Waals surface area contributed by atoms with E-state index in [9.17, 15) is 0 Å². The van der Waals surface area contributed by atoms with Crippen molar-refractivity contribution >= 4 is 0 Å². The van der Waals surface area contributed by atoms with Crippen LogP contribution in [0, 0.1) is 11.8 Å². The van der Waals surface area contributed by atoms with Crippen molar-refractivity contribution in [3.8, 4) is 0 Å². The maximum absolute atomic E-state index is 5.43. The molecule has 1 heterocycles. The van der Waals surface area contributed by atoms with Crippen molar-refractivity contribution in [1.29, 1.82) is 0 Å². The molecule has 0 radical (unpaired) electrons. The summed E-state index contributed by atoms with van der Waals surface area (Å²) in [7, 11) is 0. The molecule has 94 valence electrons. The summed E-state index contributed by atoms with van der Waals surface area (Å²) in [6.45, 7) is 5.46. The second-order valence-electron chi connectivity index (χ2n) is 5.66. The van der Waals surface area contributed by atoms with Crippen molar-refractivity contribution < 1.29 is 4.74 Å². The van der Waals surface area contributed by atoms with Gasteiger partial charge >= 0.3 is 0 Å². The van der Waals surface area contributed by atoms with Crippen molar-refractivity contribution in [2.75, 3.05) is 19.8 Å². The van der Waals surface area contributed by atoms with Gasteiger partial charge in [0.2, 0.25) is 0 Å². The lowest BCUT2D eigenvalue weighted by molar-refractivity contribution is 0.178. The summed E-state index contributed by atoms with van der Waals surface area (Å²) in [5.41, 5.74) is 0. The first kappa shape index (κ1) is 12.4. The van der Waals surface area contributed by atoms with Gasteiger partial charge in [-0.1, -0.05) is 25.7 Å². The SMILES string of the molecule is CC(NCCCC1CCCC1)C1CCOC1. The Morgan fingerprint density at radius 2 is 2.06 bits per heavy atom. The van der Waals surface area contributed by atoms with Crippen LogP contribution in [0.4, 0.5) is 0 Å². The maximum atomic E-state index is 5.43. The lowest BCUT2D eigenvalue weighted by Gasteiger charge is -2.19. The van der Waals surface area contributed by atoms with E-state index in [0.29, 0.717) is 6.04 Å². The average Bonchev–Trinajstić information content (AvgIpc) is 2.96. The van der Waals surface area contributed by atoms with E-state index in [1.807, 2.05) is 0 Å². The number of rotatable bonds is 6. The van der Waals surface area contributed by atoms with Crippen LogP contribution in [0.15, 0.2) is 0 Å². The van der Waals surface area contributed by atoms with Crippen molar-refractivity contribution in [3.05, 3.63) is 0 Å². The van der Waals surface area contributed by atoms with Crippen molar-refractivity contribution in [1.82, 2.24) is 5.32 Å². The molecule has 2 fully saturated rings. The molecule has 2 nitrogen and oxygen atoms in total. The van der Waals surface area contributed by atoms with Crippen molar-refractivity contribution in [3.63, 3.8) is 0 Å². The van der Waals surface area contributed by atoms with Crippen LogP contribution in [0.5, 0.6) is 0 Å². The zero-order valence-corrected chi connectivity index (χ0v) is 10.7. The summed E-state index contributed by atoms with van der Waals surface area (Å²) in [4.78, 5) is 0. The highest BCUT2D eigenvalue weighted by Crippen LogP contribution is 2.28. The monoisotopic (exact) mass is 225 g/mol. The Hall–Kier alpha value is -0.0800. The molecule has 1 N–H and O–H groups in total. The predicted molar refractivity (Wildman–Crippen MR) is 67.6 cm³/mol. The van der Waals surface area contributed by atoms with Gasteiger partial charge in [-0.25, -0.2) is 0 Å². The van der Waals surface area contributed by atoms with Gasteiger partial charge in [0.1, 0.15) is 0 Å². The molecule has 16 heavy (non-hydrogen) atoms. The highest BCUT2D eigenvalue weighted by Gasteiger charge is 2.21. The fourth-order valence-electron chi connectivity index (χ4n) is 3.13. The molecule has 1 aliphatic heterocycles. The molecule has 0 aromatic rings. The van der Waals surface area contributed by atoms with E-state index in [4.69, 9.17) is 4.74 Å². The molecular formula is C14H27NO. The summed E-state index contributed by atoms with van der Waals surface area (Å²) >= 11 is 0. The molecule has 0 aromatic heterocycles. The van der Waals surface area contributed by atoms with E-state index in [1.54, 1.807) is 0 Å². The molecule has 0 amide bonds. The van der Waals surface area contributed by atoms with Crippen LogP contribution in [0.2, 0.25) is 0 Å². The Labute approximate surface area is 100 Å². The summed E-state index contributed by atoms with van der Waals surface area (Å²) in [5.74, 6) is 1.80. The molecule has 2 heteroatoms. The Kier molecular flexibility index (Phi) is 5.11. The Morgan fingerprint density at radius 3 is 2.75 bits per heavy atom. The fraction of sp³-hybridized carbons (Fsp3) is 1.00. The van der Waals surface area contributed by atoms with E-state index in [-0.39, 0.29) is 0 Å². The third-order valence-corrected chi connectivity index (χ3v) is 4.40. The number of hydrogen-bond acceptors (Lipinski definition) is 2. The van der Waals surface area contributed by atoms with Gasteiger partial charge in [0.15, 0.2) is 0 Å². The molecule has 2 rings (SSSR count). The zero-order valence-electron chi connectivity index (χ0n) is 10.7. The van der Waals surface area contributed by atoms with Gasteiger partial charge < -0.3 is 10.1 Å². The molecule has 0 bridgehead atoms. The van der Waals surface area contributed by atoms with Crippen LogP contribution >= 0.6 is 0 Å². The van der Waals surface area contributed by atoms with Gasteiger partial charge in [-0.2, -0.15) is 0 Å². The normalized spacial score (nSPS) is 28.7. The minimum absolute atomic E-state index is 0.645. The Morgan fingerprint density at radius 1 is 1.25 bits per heavy atom. The van der Waals surface area contributed by atoms with E-state index < -0.39 is 0 Å². The highest BCUT2D eigenvalue weighted by atomic mass is 16.5. The van der Waals surface area contributed by atoms with Crippen LogP contribution in [0.1, 0.15) is 51.9 Å². The third-order valence-electron chi connectivity index (χ3n) is 4.40. The first-order valence-corrected chi connectivity index (χ1v) is 7.17. The minimum Gasteiger partial charge on any atom is -0.381 e. The average molecular weight is 225 g/mol. The molecule has 0 aromatic carbocycles. The first-order chi connectivity index (χ1) is 7.86. The predicted octanol–water partition coefficient (Wildman–Crippen LogP) is 2.97. The Bertz CT molecular complexity index is 183.